The van der Waals surface area contributed by atoms with E-state index in [1.54, 1.807) is 13.1 Å². The molecule has 2 rings (SSSR count). The number of carbonyl (C=O) groups excluding carboxylic acids is 1. The number of ether oxygens (including phenoxy) is 2. The predicted molar refractivity (Wildman–Crippen MR) is 61.4 cm³/mol. The Morgan fingerprint density at radius 1 is 1.44 bits per heavy atom. The summed E-state index contributed by atoms with van der Waals surface area (Å²) in [6, 6.07) is 3.65. The molecule has 0 N–H and O–H groups in total. The average molecular weight is 242 g/mol. The predicted octanol–water partition coefficient (Wildman–Crippen LogP) is 1.93. The molecule has 0 saturated carbocycles. The molecule has 0 fully saturated rings. The fourth-order valence-corrected chi connectivity index (χ4v) is 1.80. The molecule has 0 spiro atoms. The highest BCUT2D eigenvalue weighted by atomic mass is 35.5. The number of hydrogen-bond acceptors (Lipinski definition) is 3. The summed E-state index contributed by atoms with van der Waals surface area (Å²) in [7, 11) is 1.69. The molecular weight excluding hydrogens is 230 g/mol. The summed E-state index contributed by atoms with van der Waals surface area (Å²) >= 11 is 5.52. The first-order valence-corrected chi connectivity index (χ1v) is 5.39. The van der Waals surface area contributed by atoms with E-state index in [0.717, 1.165) is 11.3 Å². The summed E-state index contributed by atoms with van der Waals surface area (Å²) in [6.45, 7) is 2.14. The molecule has 0 atom stereocenters. The SMILES string of the molecule is Cc1cc2c(cc1N(C)C(=O)CCl)OCO2. The Morgan fingerprint density at radius 3 is 2.69 bits per heavy atom. The van der Waals surface area contributed by atoms with Gasteiger partial charge in [0.1, 0.15) is 5.88 Å². The lowest BCUT2D eigenvalue weighted by Gasteiger charge is -2.18. The topological polar surface area (TPSA) is 38.8 Å². The van der Waals surface area contributed by atoms with Gasteiger partial charge in [0, 0.05) is 13.1 Å². The Balaban J connectivity index is 2.38. The zero-order valence-corrected chi connectivity index (χ0v) is 9.87. The summed E-state index contributed by atoms with van der Waals surface area (Å²) in [5, 5.41) is 0. The molecule has 16 heavy (non-hydrogen) atoms. The Morgan fingerprint density at radius 2 is 2.06 bits per heavy atom. The third-order valence-corrected chi connectivity index (χ3v) is 2.77. The lowest BCUT2D eigenvalue weighted by atomic mass is 10.1. The van der Waals surface area contributed by atoms with Crippen molar-refractivity contribution in [2.24, 2.45) is 0 Å². The van der Waals surface area contributed by atoms with Crippen LogP contribution in [-0.2, 0) is 4.79 Å². The van der Waals surface area contributed by atoms with Crippen LogP contribution in [0.2, 0.25) is 0 Å². The van der Waals surface area contributed by atoms with Crippen molar-refractivity contribution in [3.8, 4) is 11.5 Å². The van der Waals surface area contributed by atoms with Gasteiger partial charge in [-0.3, -0.25) is 4.79 Å². The van der Waals surface area contributed by atoms with Crippen molar-refractivity contribution in [3.63, 3.8) is 0 Å². The summed E-state index contributed by atoms with van der Waals surface area (Å²) < 4.78 is 10.5. The zero-order chi connectivity index (χ0) is 11.7. The molecule has 0 radical (unpaired) electrons. The van der Waals surface area contributed by atoms with Crippen LogP contribution in [-0.4, -0.2) is 25.6 Å². The lowest BCUT2D eigenvalue weighted by Crippen LogP contribution is -2.27. The molecule has 4 nitrogen and oxygen atoms in total. The van der Waals surface area contributed by atoms with E-state index < -0.39 is 0 Å². The van der Waals surface area contributed by atoms with Crippen LogP contribution in [0, 0.1) is 6.92 Å². The van der Waals surface area contributed by atoms with Crippen molar-refractivity contribution in [3.05, 3.63) is 17.7 Å². The zero-order valence-electron chi connectivity index (χ0n) is 9.12. The number of anilines is 1. The minimum absolute atomic E-state index is 0.0373. The van der Waals surface area contributed by atoms with Crippen molar-refractivity contribution >= 4 is 23.2 Å². The Hall–Kier alpha value is -1.42. The number of benzene rings is 1. The largest absolute Gasteiger partial charge is 0.454 e. The van der Waals surface area contributed by atoms with Crippen molar-refractivity contribution in [1.29, 1.82) is 0 Å². The highest BCUT2D eigenvalue weighted by molar-refractivity contribution is 6.29. The number of nitrogens with zero attached hydrogens (tertiary/aromatic N) is 1. The molecule has 1 aliphatic heterocycles. The van der Waals surface area contributed by atoms with Crippen LogP contribution in [0.25, 0.3) is 0 Å². The van der Waals surface area contributed by atoms with Gasteiger partial charge in [0.2, 0.25) is 12.7 Å². The number of alkyl halides is 1. The summed E-state index contributed by atoms with van der Waals surface area (Å²) in [5.41, 5.74) is 1.74. The highest BCUT2D eigenvalue weighted by Crippen LogP contribution is 2.37. The minimum atomic E-state index is -0.149. The first kappa shape index (κ1) is 11.1. The van der Waals surface area contributed by atoms with Gasteiger partial charge >= 0.3 is 0 Å². The monoisotopic (exact) mass is 241 g/mol. The molecule has 0 unspecified atom stereocenters. The Labute approximate surface area is 98.7 Å². The summed E-state index contributed by atoms with van der Waals surface area (Å²) in [4.78, 5) is 13.0. The third-order valence-electron chi connectivity index (χ3n) is 2.54. The maximum absolute atomic E-state index is 11.5. The second kappa shape index (κ2) is 4.22. The van der Waals surface area contributed by atoms with Gasteiger partial charge in [0.15, 0.2) is 11.5 Å². The standard InChI is InChI=1S/C11H12ClNO3/c1-7-3-9-10(16-6-15-9)4-8(7)13(2)11(14)5-12/h3-4H,5-6H2,1-2H3. The highest BCUT2D eigenvalue weighted by Gasteiger charge is 2.19. The van der Waals surface area contributed by atoms with E-state index in [1.165, 1.54) is 4.90 Å². The molecule has 86 valence electrons. The quantitative estimate of drug-likeness (QED) is 0.743. The third kappa shape index (κ3) is 1.80. The van der Waals surface area contributed by atoms with Gasteiger partial charge in [-0.15, -0.1) is 11.6 Å². The minimum Gasteiger partial charge on any atom is -0.454 e. The molecule has 1 heterocycles. The molecule has 0 aliphatic carbocycles. The Bertz CT molecular complexity index is 433. The summed E-state index contributed by atoms with van der Waals surface area (Å²) in [5.74, 6) is 1.19. The number of carbonyl (C=O) groups is 1. The van der Waals surface area contributed by atoms with Crippen LogP contribution in [0.1, 0.15) is 5.56 Å². The number of hydrogen-bond donors (Lipinski definition) is 0. The average Bonchev–Trinajstić information content (AvgIpc) is 2.72. The second-order valence-corrected chi connectivity index (χ2v) is 3.85. The molecule has 5 heteroatoms. The molecule has 1 aromatic carbocycles. The molecule has 0 bridgehead atoms. The van der Waals surface area contributed by atoms with E-state index in [2.05, 4.69) is 0 Å². The maximum atomic E-state index is 11.5. The van der Waals surface area contributed by atoms with Crippen molar-refractivity contribution in [2.45, 2.75) is 6.92 Å². The normalized spacial score (nSPS) is 12.7. The van der Waals surface area contributed by atoms with Gasteiger partial charge in [-0.25, -0.2) is 0 Å². The van der Waals surface area contributed by atoms with Crippen LogP contribution < -0.4 is 14.4 Å². The molecule has 1 aromatic rings. The van der Waals surface area contributed by atoms with Crippen molar-refractivity contribution < 1.29 is 14.3 Å². The van der Waals surface area contributed by atoms with E-state index in [-0.39, 0.29) is 18.6 Å². The van der Waals surface area contributed by atoms with Crippen LogP contribution in [0.15, 0.2) is 12.1 Å². The van der Waals surface area contributed by atoms with Crippen molar-refractivity contribution in [1.82, 2.24) is 0 Å². The Kier molecular flexibility index (Phi) is 2.92. The van der Waals surface area contributed by atoms with Gasteiger partial charge in [0.05, 0.1) is 5.69 Å². The van der Waals surface area contributed by atoms with Gasteiger partial charge in [-0.05, 0) is 18.6 Å². The first-order chi connectivity index (χ1) is 7.63. The van der Waals surface area contributed by atoms with Crippen LogP contribution in [0.4, 0.5) is 5.69 Å². The number of fused-ring (bicyclic) bond motifs is 1. The van der Waals surface area contributed by atoms with Gasteiger partial charge in [-0.2, -0.15) is 0 Å². The molecular formula is C11H12ClNO3. The summed E-state index contributed by atoms with van der Waals surface area (Å²) in [6.07, 6.45) is 0. The van der Waals surface area contributed by atoms with E-state index in [4.69, 9.17) is 21.1 Å². The molecule has 1 aliphatic rings. The smallest absolute Gasteiger partial charge is 0.241 e. The maximum Gasteiger partial charge on any atom is 0.241 e. The molecule has 0 saturated heterocycles. The number of halogens is 1. The van der Waals surface area contributed by atoms with Gasteiger partial charge in [0.25, 0.3) is 0 Å². The fourth-order valence-electron chi connectivity index (χ4n) is 1.62. The lowest BCUT2D eigenvalue weighted by molar-refractivity contribution is -0.116. The first-order valence-electron chi connectivity index (χ1n) is 4.86. The molecule has 1 amide bonds. The molecule has 0 aromatic heterocycles. The van der Waals surface area contributed by atoms with E-state index in [0.29, 0.717) is 11.5 Å². The van der Waals surface area contributed by atoms with Gasteiger partial charge in [-0.1, -0.05) is 0 Å². The van der Waals surface area contributed by atoms with Crippen LogP contribution >= 0.6 is 11.6 Å². The van der Waals surface area contributed by atoms with E-state index in [1.807, 2.05) is 13.0 Å². The van der Waals surface area contributed by atoms with Crippen LogP contribution in [0.5, 0.6) is 11.5 Å². The number of aryl methyl sites for hydroxylation is 1. The second-order valence-electron chi connectivity index (χ2n) is 3.58. The fraction of sp³-hybridized carbons (Fsp3) is 0.364. The van der Waals surface area contributed by atoms with Crippen LogP contribution in [0.3, 0.4) is 0 Å². The number of rotatable bonds is 2. The van der Waals surface area contributed by atoms with Crippen molar-refractivity contribution in [2.75, 3.05) is 24.6 Å². The number of amides is 1. The van der Waals surface area contributed by atoms with Gasteiger partial charge < -0.3 is 14.4 Å². The van der Waals surface area contributed by atoms with E-state index in [9.17, 15) is 4.79 Å². The van der Waals surface area contributed by atoms with E-state index >= 15 is 0 Å².